The highest BCUT2D eigenvalue weighted by molar-refractivity contribution is 6.30. The van der Waals surface area contributed by atoms with Gasteiger partial charge in [0.1, 0.15) is 0 Å². The molecule has 2 aliphatic rings. The van der Waals surface area contributed by atoms with Crippen LogP contribution in [0.1, 0.15) is 21.5 Å². The average molecular weight is 488 g/mol. The van der Waals surface area contributed by atoms with Crippen molar-refractivity contribution in [2.45, 2.75) is 13.1 Å². The van der Waals surface area contributed by atoms with Gasteiger partial charge in [-0.05, 0) is 41.5 Å². The van der Waals surface area contributed by atoms with E-state index in [4.69, 9.17) is 11.6 Å². The Morgan fingerprint density at radius 2 is 2.03 bits per heavy atom. The van der Waals surface area contributed by atoms with Gasteiger partial charge >= 0.3 is 6.03 Å². The molecule has 3 amide bonds. The van der Waals surface area contributed by atoms with Gasteiger partial charge in [-0.3, -0.25) is 14.4 Å². The van der Waals surface area contributed by atoms with E-state index in [1.54, 1.807) is 29.1 Å². The number of carbonyl (C=O) groups excluding carboxylic acids is 2. The number of carbonyl (C=O) groups is 2. The van der Waals surface area contributed by atoms with Crippen LogP contribution in [0.15, 0.2) is 78.0 Å². The zero-order valence-corrected chi connectivity index (χ0v) is 20.4. The molecule has 1 atom stereocenters. The fourth-order valence-electron chi connectivity index (χ4n) is 4.52. The van der Waals surface area contributed by atoms with Crippen molar-refractivity contribution < 1.29 is 9.59 Å². The van der Waals surface area contributed by atoms with Crippen molar-refractivity contribution >= 4 is 29.2 Å². The maximum Gasteiger partial charge on any atom is 0.324 e. The van der Waals surface area contributed by atoms with Crippen LogP contribution in [0.5, 0.6) is 0 Å². The monoisotopic (exact) mass is 487 g/mol. The minimum absolute atomic E-state index is 0.0517. The number of urea groups is 1. The first-order valence-electron chi connectivity index (χ1n) is 11.5. The van der Waals surface area contributed by atoms with Crippen molar-refractivity contribution in [1.82, 2.24) is 20.0 Å². The summed E-state index contributed by atoms with van der Waals surface area (Å²) in [6.07, 6.45) is 7.50. The number of aromatic nitrogens is 2. The lowest BCUT2D eigenvalue weighted by Crippen LogP contribution is -2.47. The lowest BCUT2D eigenvalue weighted by Gasteiger charge is -2.36. The summed E-state index contributed by atoms with van der Waals surface area (Å²) in [6, 6.07) is 15.4. The van der Waals surface area contributed by atoms with Crippen molar-refractivity contribution in [2.24, 2.45) is 13.0 Å². The zero-order valence-electron chi connectivity index (χ0n) is 19.6. The number of nitrogens with one attached hydrogen (secondary N) is 1. The molecule has 0 fully saturated rings. The van der Waals surface area contributed by atoms with Gasteiger partial charge in [0.05, 0.1) is 11.4 Å². The molecule has 1 aromatic heterocycles. The normalized spacial score (nSPS) is 16.9. The number of hydrogen-bond acceptors (Lipinski definition) is 3. The molecule has 0 spiro atoms. The van der Waals surface area contributed by atoms with E-state index < -0.39 is 0 Å². The summed E-state index contributed by atoms with van der Waals surface area (Å²) < 4.78 is 1.82. The summed E-state index contributed by atoms with van der Waals surface area (Å²) in [4.78, 5) is 29.4. The summed E-state index contributed by atoms with van der Waals surface area (Å²) in [5, 5.41) is 7.94. The molecule has 2 aromatic carbocycles. The number of anilines is 1. The predicted octanol–water partition coefficient (Wildman–Crippen LogP) is 4.70. The van der Waals surface area contributed by atoms with Crippen LogP contribution in [-0.4, -0.2) is 40.2 Å². The number of amides is 3. The maximum atomic E-state index is 13.0. The molecule has 1 unspecified atom stereocenters. The Hall–Kier alpha value is -3.84. The fourth-order valence-corrected chi connectivity index (χ4v) is 4.74. The Kier molecular flexibility index (Phi) is 6.17. The molecule has 8 heteroatoms. The highest BCUT2D eigenvalue weighted by Gasteiger charge is 2.31. The van der Waals surface area contributed by atoms with Crippen LogP contribution in [-0.2, 0) is 20.1 Å². The Morgan fingerprint density at radius 1 is 1.17 bits per heavy atom. The molecule has 0 bridgehead atoms. The first-order valence-corrected chi connectivity index (χ1v) is 11.8. The predicted molar refractivity (Wildman–Crippen MR) is 137 cm³/mol. The van der Waals surface area contributed by atoms with Gasteiger partial charge in [-0.15, -0.1) is 0 Å². The third-order valence-corrected chi connectivity index (χ3v) is 6.84. The molecule has 0 saturated carbocycles. The second kappa shape index (κ2) is 9.43. The number of nitrogens with zero attached hydrogens (tertiary/aromatic N) is 4. The van der Waals surface area contributed by atoms with Crippen LogP contribution in [0.3, 0.4) is 0 Å². The number of aryl methyl sites for hydroxylation is 1. The van der Waals surface area contributed by atoms with E-state index in [0.717, 1.165) is 28.1 Å². The van der Waals surface area contributed by atoms with Gasteiger partial charge in [-0.25, -0.2) is 4.79 Å². The second-order valence-electron chi connectivity index (χ2n) is 8.86. The first-order chi connectivity index (χ1) is 16.9. The van der Waals surface area contributed by atoms with Crippen molar-refractivity contribution in [2.75, 3.05) is 18.5 Å². The molecule has 35 heavy (non-hydrogen) atoms. The average Bonchev–Trinajstić information content (AvgIpc) is 3.48. The largest absolute Gasteiger partial charge is 0.348 e. The van der Waals surface area contributed by atoms with E-state index in [2.05, 4.69) is 10.4 Å². The van der Waals surface area contributed by atoms with Crippen molar-refractivity contribution in [3.05, 3.63) is 94.7 Å². The Morgan fingerprint density at radius 3 is 2.77 bits per heavy atom. The molecular weight excluding hydrogens is 462 g/mol. The number of halogens is 1. The molecule has 0 saturated heterocycles. The highest BCUT2D eigenvalue weighted by Crippen LogP contribution is 2.33. The standard InChI is InChI=1S/C27H26ClN5O2/c1-31-16-22-10-9-20(14-25(22)33(27(31)35)17-21-7-4-8-23(21)28)26(34)29-15-18-5-3-6-19(13-18)24-11-12-30-32(24)2/h3-14,21H,15-17H2,1-2H3,(H,29,34). The van der Waals surface area contributed by atoms with Gasteiger partial charge in [0, 0.05) is 62.0 Å². The summed E-state index contributed by atoms with van der Waals surface area (Å²) in [6.45, 7) is 1.31. The molecule has 1 N–H and O–H groups in total. The molecule has 1 aliphatic heterocycles. The number of benzene rings is 2. The van der Waals surface area contributed by atoms with Crippen LogP contribution in [0.4, 0.5) is 10.5 Å². The number of fused-ring (bicyclic) bond motifs is 1. The van der Waals surface area contributed by atoms with Crippen LogP contribution < -0.4 is 10.2 Å². The van der Waals surface area contributed by atoms with Crippen molar-refractivity contribution in [3.8, 4) is 11.3 Å². The van der Waals surface area contributed by atoms with Gasteiger partial charge in [0.2, 0.25) is 0 Å². The van der Waals surface area contributed by atoms with Crippen LogP contribution in [0.2, 0.25) is 0 Å². The Bertz CT molecular complexity index is 1360. The van der Waals surface area contributed by atoms with E-state index in [-0.39, 0.29) is 17.9 Å². The quantitative estimate of drug-likeness (QED) is 0.548. The molecular formula is C27H26ClN5O2. The molecule has 1 aliphatic carbocycles. The maximum absolute atomic E-state index is 13.0. The lowest BCUT2D eigenvalue weighted by atomic mass is 10.0. The van der Waals surface area contributed by atoms with Crippen LogP contribution in [0, 0.1) is 5.92 Å². The third-order valence-electron chi connectivity index (χ3n) is 6.43. The summed E-state index contributed by atoms with van der Waals surface area (Å²) >= 11 is 6.32. The van der Waals surface area contributed by atoms with E-state index in [9.17, 15) is 9.59 Å². The summed E-state index contributed by atoms with van der Waals surface area (Å²) in [5.41, 5.74) is 5.30. The van der Waals surface area contributed by atoms with E-state index >= 15 is 0 Å². The number of rotatable bonds is 6. The van der Waals surface area contributed by atoms with Crippen LogP contribution in [0.25, 0.3) is 11.3 Å². The molecule has 2 heterocycles. The van der Waals surface area contributed by atoms with Gasteiger partial charge in [-0.1, -0.05) is 48.0 Å². The fraction of sp³-hybridized carbons (Fsp3) is 0.222. The highest BCUT2D eigenvalue weighted by atomic mass is 35.5. The van der Waals surface area contributed by atoms with Crippen LogP contribution >= 0.6 is 11.6 Å². The zero-order chi connectivity index (χ0) is 24.5. The molecule has 7 nitrogen and oxygen atoms in total. The van der Waals surface area contributed by atoms with Gasteiger partial charge in [-0.2, -0.15) is 5.10 Å². The molecule has 0 radical (unpaired) electrons. The minimum Gasteiger partial charge on any atom is -0.348 e. The number of allylic oxidation sites excluding steroid dienone is 2. The SMILES string of the molecule is CN1Cc2ccc(C(=O)NCc3cccc(-c4ccnn4C)c3)cc2N(CC2C=CC=C2Cl)C1=O. The topological polar surface area (TPSA) is 70.5 Å². The summed E-state index contributed by atoms with van der Waals surface area (Å²) in [5.74, 6) is -0.243. The molecule has 178 valence electrons. The Balaban J connectivity index is 1.33. The minimum atomic E-state index is -0.191. The lowest BCUT2D eigenvalue weighted by molar-refractivity contribution is 0.0950. The van der Waals surface area contributed by atoms with Crippen molar-refractivity contribution in [3.63, 3.8) is 0 Å². The molecule has 5 rings (SSSR count). The second-order valence-corrected chi connectivity index (χ2v) is 9.30. The van der Waals surface area contributed by atoms with E-state index in [1.165, 1.54) is 0 Å². The summed E-state index contributed by atoms with van der Waals surface area (Å²) in [7, 11) is 3.68. The first kappa shape index (κ1) is 22.9. The van der Waals surface area contributed by atoms with Gasteiger partial charge in [0.25, 0.3) is 5.91 Å². The van der Waals surface area contributed by atoms with Gasteiger partial charge in [0.15, 0.2) is 0 Å². The van der Waals surface area contributed by atoms with E-state index in [0.29, 0.717) is 30.2 Å². The number of hydrogen-bond donors (Lipinski definition) is 1. The van der Waals surface area contributed by atoms with E-state index in [1.807, 2.05) is 72.4 Å². The molecule has 3 aromatic rings. The Labute approximate surface area is 209 Å². The van der Waals surface area contributed by atoms with Crippen molar-refractivity contribution in [1.29, 1.82) is 0 Å². The smallest absolute Gasteiger partial charge is 0.324 e. The van der Waals surface area contributed by atoms with Gasteiger partial charge < -0.3 is 10.2 Å². The third kappa shape index (κ3) is 4.59.